The number of ether oxygens (including phenoxy) is 1. The van der Waals surface area contributed by atoms with Crippen molar-refractivity contribution >= 4 is 17.9 Å². The maximum atomic E-state index is 12.2. The van der Waals surface area contributed by atoms with Crippen molar-refractivity contribution in [2.75, 3.05) is 16.8 Å². The van der Waals surface area contributed by atoms with E-state index in [4.69, 9.17) is 9.26 Å². The molecule has 1 saturated heterocycles. The van der Waals surface area contributed by atoms with E-state index < -0.39 is 6.09 Å². The first kappa shape index (κ1) is 19.8. The lowest BCUT2D eigenvalue weighted by Crippen LogP contribution is -2.37. The fourth-order valence-corrected chi connectivity index (χ4v) is 3.31. The molecule has 2 atom stereocenters. The van der Waals surface area contributed by atoms with Gasteiger partial charge in [-0.15, -0.1) is 0 Å². The van der Waals surface area contributed by atoms with Gasteiger partial charge in [0.05, 0.1) is 6.04 Å². The second kappa shape index (κ2) is 8.10. The third-order valence-corrected chi connectivity index (χ3v) is 5.00. The van der Waals surface area contributed by atoms with E-state index in [2.05, 4.69) is 25.4 Å². The van der Waals surface area contributed by atoms with Gasteiger partial charge in [0.25, 0.3) is 0 Å². The smallest absolute Gasteiger partial charge is 0.415 e. The zero-order valence-corrected chi connectivity index (χ0v) is 17.4. The average molecular weight is 408 g/mol. The molecule has 30 heavy (non-hydrogen) atoms. The predicted molar refractivity (Wildman–Crippen MR) is 111 cm³/mol. The summed E-state index contributed by atoms with van der Waals surface area (Å²) in [5.41, 5.74) is 2.01. The molecule has 1 amide bonds. The number of nitrogens with one attached hydrogen (secondary N) is 1. The van der Waals surface area contributed by atoms with Crippen LogP contribution in [0.15, 0.2) is 41.1 Å². The second-order valence-corrected chi connectivity index (χ2v) is 7.69. The summed E-state index contributed by atoms with van der Waals surface area (Å²) in [5, 5.41) is 7.23. The van der Waals surface area contributed by atoms with Crippen molar-refractivity contribution in [1.29, 1.82) is 0 Å². The van der Waals surface area contributed by atoms with Gasteiger partial charge in [-0.25, -0.2) is 9.78 Å². The predicted octanol–water partition coefficient (Wildman–Crippen LogP) is 3.99. The molecule has 1 fully saturated rings. The largest absolute Gasteiger partial charge is 0.447 e. The van der Waals surface area contributed by atoms with Gasteiger partial charge < -0.3 is 14.6 Å². The molecule has 2 aromatic heterocycles. The number of benzene rings is 1. The Kier molecular flexibility index (Phi) is 5.35. The topological polar surface area (TPSA) is 106 Å². The van der Waals surface area contributed by atoms with Crippen LogP contribution >= 0.6 is 0 Å². The quantitative estimate of drug-likeness (QED) is 0.652. The molecule has 9 heteroatoms. The second-order valence-electron chi connectivity index (χ2n) is 7.69. The molecule has 156 valence electrons. The van der Waals surface area contributed by atoms with Crippen molar-refractivity contribution < 1.29 is 14.1 Å². The number of cyclic esters (lactones) is 1. The number of hydrogen-bond donors (Lipinski definition) is 1. The summed E-state index contributed by atoms with van der Waals surface area (Å²) >= 11 is 0. The summed E-state index contributed by atoms with van der Waals surface area (Å²) in [6.07, 6.45) is 1.21. The highest BCUT2D eigenvalue weighted by Gasteiger charge is 2.37. The lowest BCUT2D eigenvalue weighted by Gasteiger charge is -2.23. The van der Waals surface area contributed by atoms with Gasteiger partial charge in [0, 0.05) is 11.8 Å². The minimum absolute atomic E-state index is 0.0644. The van der Waals surface area contributed by atoms with E-state index in [-0.39, 0.29) is 18.0 Å². The van der Waals surface area contributed by atoms with E-state index >= 15 is 0 Å². The Labute approximate surface area is 174 Å². The van der Waals surface area contributed by atoms with Crippen molar-refractivity contribution in [3.63, 3.8) is 0 Å². The lowest BCUT2D eigenvalue weighted by atomic mass is 10.0. The number of rotatable bonds is 6. The zero-order chi connectivity index (χ0) is 21.3. The fraction of sp³-hybridized carbons (Fsp3) is 0.381. The molecule has 1 aromatic carbocycles. The molecular formula is C21H24N6O3. The van der Waals surface area contributed by atoms with Crippen molar-refractivity contribution in [3.8, 4) is 11.4 Å². The maximum Gasteiger partial charge on any atom is 0.415 e. The SMILES string of the molecule is Cc1cccc(-c2noc([C@H](C)Nc3nccc(N4C(=O)OC[C@@H]4C(C)C)n3)n2)c1. The molecule has 4 rings (SSSR count). The molecule has 0 spiro atoms. The van der Waals surface area contributed by atoms with Crippen LogP contribution in [0.25, 0.3) is 11.4 Å². The number of aromatic nitrogens is 4. The Morgan fingerprint density at radius 2 is 2.03 bits per heavy atom. The zero-order valence-electron chi connectivity index (χ0n) is 17.4. The van der Waals surface area contributed by atoms with E-state index in [0.717, 1.165) is 11.1 Å². The number of anilines is 2. The summed E-state index contributed by atoms with van der Waals surface area (Å²) in [5.74, 6) is 2.03. The number of carbonyl (C=O) groups is 1. The van der Waals surface area contributed by atoms with Gasteiger partial charge in [-0.1, -0.05) is 42.8 Å². The first-order valence-electron chi connectivity index (χ1n) is 9.88. The van der Waals surface area contributed by atoms with Crippen LogP contribution in [0.4, 0.5) is 16.6 Å². The van der Waals surface area contributed by atoms with E-state index in [0.29, 0.717) is 30.1 Å². The van der Waals surface area contributed by atoms with Crippen LogP contribution in [0.2, 0.25) is 0 Å². The molecule has 0 saturated carbocycles. The van der Waals surface area contributed by atoms with Gasteiger partial charge in [0.1, 0.15) is 18.5 Å². The first-order valence-corrected chi connectivity index (χ1v) is 9.88. The third-order valence-electron chi connectivity index (χ3n) is 5.00. The summed E-state index contributed by atoms with van der Waals surface area (Å²) in [4.78, 5) is 27.0. The number of nitrogens with zero attached hydrogens (tertiary/aromatic N) is 5. The minimum Gasteiger partial charge on any atom is -0.447 e. The number of amides is 1. The molecule has 1 N–H and O–H groups in total. The molecule has 0 radical (unpaired) electrons. The molecule has 3 heterocycles. The molecule has 3 aromatic rings. The normalized spacial score (nSPS) is 17.3. The van der Waals surface area contributed by atoms with E-state index in [1.807, 2.05) is 52.0 Å². The minimum atomic E-state index is -0.397. The van der Waals surface area contributed by atoms with Crippen LogP contribution in [0.5, 0.6) is 0 Å². The van der Waals surface area contributed by atoms with E-state index in [9.17, 15) is 4.79 Å². The Morgan fingerprint density at radius 1 is 1.20 bits per heavy atom. The molecule has 0 bridgehead atoms. The van der Waals surface area contributed by atoms with Gasteiger partial charge in [-0.2, -0.15) is 9.97 Å². The van der Waals surface area contributed by atoms with Crippen molar-refractivity contribution in [3.05, 3.63) is 48.0 Å². The molecule has 9 nitrogen and oxygen atoms in total. The lowest BCUT2D eigenvalue weighted by molar-refractivity contribution is 0.177. The van der Waals surface area contributed by atoms with Gasteiger partial charge in [0.15, 0.2) is 0 Å². The third kappa shape index (κ3) is 3.96. The maximum absolute atomic E-state index is 12.2. The van der Waals surface area contributed by atoms with Gasteiger partial charge in [-0.05, 0) is 31.9 Å². The van der Waals surface area contributed by atoms with Crippen LogP contribution < -0.4 is 10.2 Å². The summed E-state index contributed by atoms with van der Waals surface area (Å²) < 4.78 is 10.6. The highest BCUT2D eigenvalue weighted by molar-refractivity contribution is 5.89. The Bertz CT molecular complexity index is 1050. The molecule has 0 aliphatic carbocycles. The first-order chi connectivity index (χ1) is 14.4. The highest BCUT2D eigenvalue weighted by atomic mass is 16.6. The summed E-state index contributed by atoms with van der Waals surface area (Å²) in [6.45, 7) is 8.33. The van der Waals surface area contributed by atoms with E-state index in [1.165, 1.54) is 0 Å². The monoisotopic (exact) mass is 408 g/mol. The average Bonchev–Trinajstić information content (AvgIpc) is 3.35. The number of carbonyl (C=O) groups excluding carboxylic acids is 1. The van der Waals surface area contributed by atoms with Crippen molar-refractivity contribution in [1.82, 2.24) is 20.1 Å². The summed E-state index contributed by atoms with van der Waals surface area (Å²) in [6, 6.07) is 9.21. The van der Waals surface area contributed by atoms with Gasteiger partial charge in [0.2, 0.25) is 17.7 Å². The Hall–Kier alpha value is -3.49. The van der Waals surface area contributed by atoms with Gasteiger partial charge in [-0.3, -0.25) is 4.90 Å². The molecule has 1 aliphatic heterocycles. The van der Waals surface area contributed by atoms with Crippen LogP contribution in [0.3, 0.4) is 0 Å². The molecular weight excluding hydrogens is 384 g/mol. The van der Waals surface area contributed by atoms with Crippen molar-refractivity contribution in [2.45, 2.75) is 39.8 Å². The Balaban J connectivity index is 1.51. The highest BCUT2D eigenvalue weighted by Crippen LogP contribution is 2.27. The fourth-order valence-electron chi connectivity index (χ4n) is 3.31. The summed E-state index contributed by atoms with van der Waals surface area (Å²) in [7, 11) is 0. The molecule has 0 unspecified atom stereocenters. The van der Waals surface area contributed by atoms with Crippen LogP contribution in [-0.4, -0.2) is 38.9 Å². The van der Waals surface area contributed by atoms with Gasteiger partial charge >= 0.3 is 6.09 Å². The molecule has 1 aliphatic rings. The Morgan fingerprint density at radius 3 is 2.80 bits per heavy atom. The van der Waals surface area contributed by atoms with Crippen LogP contribution in [0, 0.1) is 12.8 Å². The number of hydrogen-bond acceptors (Lipinski definition) is 8. The van der Waals surface area contributed by atoms with E-state index in [1.54, 1.807) is 17.2 Å². The van der Waals surface area contributed by atoms with Crippen LogP contribution in [-0.2, 0) is 4.74 Å². The number of aryl methyl sites for hydroxylation is 1. The standard InChI is InChI=1S/C21H24N6O3/c1-12(2)16-11-29-21(28)27(16)17-8-9-22-20(24-17)23-14(4)19-25-18(26-30-19)15-7-5-6-13(3)10-15/h5-10,12,14,16H,11H2,1-4H3,(H,22,23,24)/t14-,16+/m0/s1. The van der Waals surface area contributed by atoms with Crippen molar-refractivity contribution in [2.24, 2.45) is 5.92 Å². The van der Waals surface area contributed by atoms with Crippen LogP contribution in [0.1, 0.15) is 38.3 Å².